The van der Waals surface area contributed by atoms with Gasteiger partial charge in [-0.2, -0.15) is 0 Å². The number of pyridine rings is 1. The lowest BCUT2D eigenvalue weighted by Crippen LogP contribution is -2.23. The first-order chi connectivity index (χ1) is 14.0. The molecule has 0 atom stereocenters. The molecule has 29 heavy (non-hydrogen) atoms. The van der Waals surface area contributed by atoms with E-state index in [2.05, 4.69) is 15.0 Å². The lowest BCUT2D eigenvalue weighted by atomic mass is 10.2. The van der Waals surface area contributed by atoms with Crippen molar-refractivity contribution in [3.63, 3.8) is 0 Å². The molecule has 1 aromatic heterocycles. The molecule has 0 spiro atoms. The van der Waals surface area contributed by atoms with Gasteiger partial charge in [-0.25, -0.2) is 18.1 Å². The van der Waals surface area contributed by atoms with Gasteiger partial charge in [0.15, 0.2) is 0 Å². The topological polar surface area (TPSA) is 88.2 Å². The highest BCUT2D eigenvalue weighted by molar-refractivity contribution is 7.99. The van der Waals surface area contributed by atoms with Gasteiger partial charge >= 0.3 is 0 Å². The summed E-state index contributed by atoms with van der Waals surface area (Å²) in [5, 5.41) is 3.62. The largest absolute Gasteiger partial charge is 0.321 e. The molecule has 2 N–H and O–H groups in total. The maximum absolute atomic E-state index is 12.6. The normalized spacial score (nSPS) is 11.2. The summed E-state index contributed by atoms with van der Waals surface area (Å²) in [6.45, 7) is 2.21. The molecule has 1 heterocycles. The van der Waals surface area contributed by atoms with Crippen LogP contribution < -0.4 is 10.0 Å². The van der Waals surface area contributed by atoms with Gasteiger partial charge in [-0.15, -0.1) is 11.8 Å². The van der Waals surface area contributed by atoms with E-state index >= 15 is 0 Å². The second kappa shape index (κ2) is 9.69. The van der Waals surface area contributed by atoms with E-state index in [4.69, 9.17) is 0 Å². The maximum Gasteiger partial charge on any atom is 0.255 e. The lowest BCUT2D eigenvalue weighted by Gasteiger charge is -2.09. The molecule has 0 aliphatic heterocycles. The smallest absolute Gasteiger partial charge is 0.255 e. The first kappa shape index (κ1) is 21.0. The fraction of sp³-hybridized carbons (Fsp3) is 0.143. The van der Waals surface area contributed by atoms with E-state index in [9.17, 15) is 13.2 Å². The Balaban J connectivity index is 1.69. The number of hydrogen-bond acceptors (Lipinski definition) is 5. The quantitative estimate of drug-likeness (QED) is 0.532. The monoisotopic (exact) mass is 427 g/mol. The van der Waals surface area contributed by atoms with Gasteiger partial charge in [0, 0.05) is 12.1 Å². The maximum atomic E-state index is 12.6. The van der Waals surface area contributed by atoms with Crippen molar-refractivity contribution in [3.8, 4) is 0 Å². The van der Waals surface area contributed by atoms with E-state index in [0.717, 1.165) is 16.3 Å². The number of anilines is 1. The molecule has 8 heteroatoms. The van der Waals surface area contributed by atoms with Crippen LogP contribution in [0.3, 0.4) is 0 Å². The van der Waals surface area contributed by atoms with E-state index in [0.29, 0.717) is 5.69 Å². The molecule has 0 fully saturated rings. The second-order valence-corrected chi connectivity index (χ2v) is 9.16. The van der Waals surface area contributed by atoms with Crippen LogP contribution >= 0.6 is 11.8 Å². The Kier molecular flexibility index (Phi) is 7.03. The summed E-state index contributed by atoms with van der Waals surface area (Å²) < 4.78 is 27.7. The Morgan fingerprint density at radius 3 is 2.52 bits per heavy atom. The van der Waals surface area contributed by atoms with Gasteiger partial charge < -0.3 is 5.32 Å². The number of sulfonamides is 1. The summed E-state index contributed by atoms with van der Waals surface area (Å²) in [6.07, 6.45) is 1.58. The van der Waals surface area contributed by atoms with Gasteiger partial charge in [-0.1, -0.05) is 43.3 Å². The number of nitrogens with zero attached hydrogens (tertiary/aromatic N) is 1. The van der Waals surface area contributed by atoms with Crippen LogP contribution in [-0.2, 0) is 16.6 Å². The zero-order chi connectivity index (χ0) is 20.7. The van der Waals surface area contributed by atoms with Gasteiger partial charge in [0.2, 0.25) is 10.0 Å². The molecule has 6 nitrogen and oxygen atoms in total. The molecule has 0 saturated heterocycles. The van der Waals surface area contributed by atoms with E-state index in [-0.39, 0.29) is 17.0 Å². The standard InChI is InChI=1S/C21H21N3O3S2/c1-2-28-20-12-11-18(15-22-20)24-21(25)17-9-6-10-19(13-17)29(26,27)23-14-16-7-4-3-5-8-16/h3-13,15,23H,2,14H2,1H3,(H,24,25). The SMILES string of the molecule is CCSc1ccc(NC(=O)c2cccc(S(=O)(=O)NCc3ccccc3)c2)cn1. The van der Waals surface area contributed by atoms with E-state index < -0.39 is 15.9 Å². The molecule has 0 aliphatic carbocycles. The number of carbonyl (C=O) groups excluding carboxylic acids is 1. The van der Waals surface area contributed by atoms with Gasteiger partial charge in [-0.3, -0.25) is 4.79 Å². The number of nitrogens with one attached hydrogen (secondary N) is 2. The molecule has 0 saturated carbocycles. The van der Waals surface area contributed by atoms with Crippen molar-refractivity contribution in [1.29, 1.82) is 0 Å². The number of hydrogen-bond donors (Lipinski definition) is 2. The minimum Gasteiger partial charge on any atom is -0.321 e. The summed E-state index contributed by atoms with van der Waals surface area (Å²) in [7, 11) is -3.74. The van der Waals surface area contributed by atoms with E-state index in [1.54, 1.807) is 36.2 Å². The molecule has 0 unspecified atom stereocenters. The van der Waals surface area contributed by atoms with E-state index in [1.165, 1.54) is 12.1 Å². The van der Waals surface area contributed by atoms with Crippen molar-refractivity contribution in [3.05, 3.63) is 84.1 Å². The summed E-state index contributed by atoms with van der Waals surface area (Å²) in [4.78, 5) is 16.8. The number of benzene rings is 2. The molecule has 0 radical (unpaired) electrons. The third kappa shape index (κ3) is 5.90. The minimum atomic E-state index is -3.74. The van der Waals surface area contributed by atoms with Crippen molar-refractivity contribution < 1.29 is 13.2 Å². The number of carbonyl (C=O) groups is 1. The van der Waals surface area contributed by atoms with E-state index in [1.807, 2.05) is 43.3 Å². The minimum absolute atomic E-state index is 0.0360. The van der Waals surface area contributed by atoms with Gasteiger partial charge in [-0.05, 0) is 41.6 Å². The zero-order valence-corrected chi connectivity index (χ0v) is 17.5. The third-order valence-corrected chi connectivity index (χ3v) is 6.23. The van der Waals surface area contributed by atoms with Crippen molar-refractivity contribution in [1.82, 2.24) is 9.71 Å². The Hall–Kier alpha value is -2.68. The molecule has 3 aromatic rings. The molecule has 150 valence electrons. The van der Waals surface area contributed by atoms with Crippen molar-refractivity contribution in [2.24, 2.45) is 0 Å². The number of thioether (sulfide) groups is 1. The van der Waals surface area contributed by atoms with Crippen molar-refractivity contribution >= 4 is 33.4 Å². The first-order valence-electron chi connectivity index (χ1n) is 9.02. The van der Waals surface area contributed by atoms with Crippen LogP contribution in [0.15, 0.2) is 82.8 Å². The number of aromatic nitrogens is 1. The second-order valence-electron chi connectivity index (χ2n) is 6.11. The molecular weight excluding hydrogens is 406 g/mol. The predicted molar refractivity (Wildman–Crippen MR) is 115 cm³/mol. The van der Waals surface area contributed by atoms with Crippen LogP contribution in [0.2, 0.25) is 0 Å². The zero-order valence-electron chi connectivity index (χ0n) is 15.8. The lowest BCUT2D eigenvalue weighted by molar-refractivity contribution is 0.102. The van der Waals surface area contributed by atoms with Gasteiger partial charge in [0.05, 0.1) is 21.8 Å². The number of rotatable bonds is 8. The van der Waals surface area contributed by atoms with Gasteiger partial charge in [0.25, 0.3) is 5.91 Å². The fourth-order valence-electron chi connectivity index (χ4n) is 2.55. The first-order valence-corrected chi connectivity index (χ1v) is 11.5. The predicted octanol–water partition coefficient (Wildman–Crippen LogP) is 3.92. The summed E-state index contributed by atoms with van der Waals surface area (Å²) in [5.74, 6) is 0.515. The van der Waals surface area contributed by atoms with Crippen LogP contribution in [0, 0.1) is 0 Å². The molecule has 0 aliphatic rings. The van der Waals surface area contributed by atoms with Crippen LogP contribution in [0.5, 0.6) is 0 Å². The summed E-state index contributed by atoms with van der Waals surface area (Å²) in [5.41, 5.74) is 1.65. The summed E-state index contributed by atoms with van der Waals surface area (Å²) >= 11 is 1.61. The summed E-state index contributed by atoms with van der Waals surface area (Å²) in [6, 6.07) is 18.8. The Bertz CT molecular complexity index is 1070. The van der Waals surface area contributed by atoms with Crippen LogP contribution in [-0.4, -0.2) is 25.1 Å². The molecule has 2 aromatic carbocycles. The van der Waals surface area contributed by atoms with Crippen molar-refractivity contribution in [2.75, 3.05) is 11.1 Å². The average molecular weight is 428 g/mol. The van der Waals surface area contributed by atoms with Crippen molar-refractivity contribution in [2.45, 2.75) is 23.4 Å². The number of amides is 1. The highest BCUT2D eigenvalue weighted by Crippen LogP contribution is 2.18. The Labute approximate surface area is 174 Å². The Morgan fingerprint density at radius 2 is 1.83 bits per heavy atom. The Morgan fingerprint density at radius 1 is 1.03 bits per heavy atom. The molecule has 0 bridgehead atoms. The molecular formula is C21H21N3O3S2. The van der Waals surface area contributed by atoms with Crippen LogP contribution in [0.25, 0.3) is 0 Å². The fourth-order valence-corrected chi connectivity index (χ4v) is 4.20. The molecule has 1 amide bonds. The molecule has 3 rings (SSSR count). The van der Waals surface area contributed by atoms with Gasteiger partial charge in [0.1, 0.15) is 0 Å². The van der Waals surface area contributed by atoms with Crippen LogP contribution in [0.1, 0.15) is 22.8 Å². The third-order valence-electron chi connectivity index (χ3n) is 4.00. The van der Waals surface area contributed by atoms with Crippen LogP contribution in [0.4, 0.5) is 5.69 Å². The highest BCUT2D eigenvalue weighted by Gasteiger charge is 2.16. The average Bonchev–Trinajstić information content (AvgIpc) is 2.75. The highest BCUT2D eigenvalue weighted by atomic mass is 32.2.